The minimum absolute atomic E-state index is 0.194. The monoisotopic (exact) mass is 358 g/mol. The highest BCUT2D eigenvalue weighted by Crippen LogP contribution is 2.43. The fourth-order valence-corrected chi connectivity index (χ4v) is 4.00. The zero-order chi connectivity index (χ0) is 18.4. The lowest BCUT2D eigenvalue weighted by molar-refractivity contribution is -0.126. The van der Waals surface area contributed by atoms with E-state index in [9.17, 15) is 9.59 Å². The van der Waals surface area contributed by atoms with Crippen LogP contribution in [0.15, 0.2) is 29.2 Å². The molecule has 2 aromatic rings. The van der Waals surface area contributed by atoms with Gasteiger partial charge in [0.05, 0.1) is 22.8 Å². The number of anilines is 2. The number of nitrogens with one attached hydrogen (secondary N) is 2. The van der Waals surface area contributed by atoms with Crippen LogP contribution in [0.2, 0.25) is 0 Å². The number of nitrogens with zero attached hydrogens (tertiary/aromatic N) is 2. The lowest BCUT2D eigenvalue weighted by Gasteiger charge is -2.31. The molecule has 2 N–H and O–H groups in total. The molecule has 3 rings (SSSR count). The number of para-hydroxylation sites is 1. The number of hydrogen-bond donors (Lipinski definition) is 2. The summed E-state index contributed by atoms with van der Waals surface area (Å²) in [7, 11) is 0. The number of fused-ring (bicyclic) bond motifs is 1. The molecule has 0 saturated heterocycles. The molecule has 7 heteroatoms. The summed E-state index contributed by atoms with van der Waals surface area (Å²) in [6.45, 7) is 9.49. The van der Waals surface area contributed by atoms with E-state index in [2.05, 4.69) is 15.7 Å². The van der Waals surface area contributed by atoms with Gasteiger partial charge in [0.2, 0.25) is 11.8 Å². The number of carbonyl (C=O) groups excluding carboxylic acids is 2. The summed E-state index contributed by atoms with van der Waals surface area (Å²) in [4.78, 5) is 26.4. The van der Waals surface area contributed by atoms with Gasteiger partial charge in [-0.25, -0.2) is 0 Å². The molecule has 0 saturated carbocycles. The first-order valence-electron chi connectivity index (χ1n) is 8.20. The molecule has 6 nitrogen and oxygen atoms in total. The van der Waals surface area contributed by atoms with Crippen LogP contribution >= 0.6 is 11.8 Å². The first-order chi connectivity index (χ1) is 11.7. The Morgan fingerprint density at radius 2 is 2.00 bits per heavy atom. The number of rotatable bonds is 3. The molecule has 2 heterocycles. The van der Waals surface area contributed by atoms with Crippen molar-refractivity contribution < 1.29 is 9.59 Å². The van der Waals surface area contributed by atoms with E-state index in [1.807, 2.05) is 56.6 Å². The van der Waals surface area contributed by atoms with Gasteiger partial charge in [-0.15, -0.1) is 0 Å². The molecule has 1 unspecified atom stereocenters. The minimum Gasteiger partial charge on any atom is -0.323 e. The van der Waals surface area contributed by atoms with Crippen LogP contribution in [0.1, 0.15) is 38.2 Å². The second-order valence-corrected chi connectivity index (χ2v) is 8.08. The Kier molecular flexibility index (Phi) is 4.36. The van der Waals surface area contributed by atoms with Crippen molar-refractivity contribution in [3.8, 4) is 0 Å². The molecule has 1 aromatic heterocycles. The van der Waals surface area contributed by atoms with Gasteiger partial charge in [-0.2, -0.15) is 5.10 Å². The highest BCUT2D eigenvalue weighted by molar-refractivity contribution is 8.02. The Balaban J connectivity index is 1.90. The number of amides is 2. The molecule has 132 valence electrons. The average Bonchev–Trinajstić information content (AvgIpc) is 2.84. The predicted octanol–water partition coefficient (Wildman–Crippen LogP) is 3.52. The molecule has 0 aliphatic carbocycles. The molecular weight excluding hydrogens is 336 g/mol. The number of thioether (sulfide) groups is 1. The number of aryl methyl sites for hydroxylation is 1. The van der Waals surface area contributed by atoms with Crippen LogP contribution in [-0.4, -0.2) is 26.3 Å². The van der Waals surface area contributed by atoms with Crippen molar-refractivity contribution in [1.29, 1.82) is 0 Å². The van der Waals surface area contributed by atoms with Crippen LogP contribution in [-0.2, 0) is 9.59 Å². The third-order valence-corrected chi connectivity index (χ3v) is 5.72. The van der Waals surface area contributed by atoms with Crippen molar-refractivity contribution in [2.24, 2.45) is 0 Å². The van der Waals surface area contributed by atoms with Gasteiger partial charge < -0.3 is 10.6 Å². The van der Waals surface area contributed by atoms with E-state index in [1.165, 1.54) is 11.8 Å². The van der Waals surface area contributed by atoms with Gasteiger partial charge in [0, 0.05) is 10.9 Å². The lowest BCUT2D eigenvalue weighted by Crippen LogP contribution is -2.49. The zero-order valence-electron chi connectivity index (χ0n) is 15.0. The Labute approximate surface area is 151 Å². The maximum absolute atomic E-state index is 13.0. The van der Waals surface area contributed by atoms with Gasteiger partial charge in [-0.05, 0) is 46.8 Å². The molecule has 1 aliphatic rings. The molecule has 1 aliphatic heterocycles. The van der Waals surface area contributed by atoms with Crippen LogP contribution in [0.4, 0.5) is 11.4 Å². The topological polar surface area (TPSA) is 76.0 Å². The van der Waals surface area contributed by atoms with Crippen molar-refractivity contribution in [2.45, 2.75) is 50.3 Å². The fraction of sp³-hybridized carbons (Fsp3) is 0.389. The molecular formula is C18H22N4O2S. The Hall–Kier alpha value is -2.28. The SMILES string of the molecule is Cc1nn(C(C)C)c(C)c1NC(=O)C1(C)Sc2ccccc2NC1=O. The summed E-state index contributed by atoms with van der Waals surface area (Å²) in [5, 5.41) is 10.2. The smallest absolute Gasteiger partial charge is 0.250 e. The summed E-state index contributed by atoms with van der Waals surface area (Å²) in [6, 6.07) is 7.67. The van der Waals surface area contributed by atoms with Crippen LogP contribution in [0.5, 0.6) is 0 Å². The highest BCUT2D eigenvalue weighted by Gasteiger charge is 2.46. The largest absolute Gasteiger partial charge is 0.323 e. The molecule has 25 heavy (non-hydrogen) atoms. The second kappa shape index (κ2) is 6.22. The van der Waals surface area contributed by atoms with E-state index in [0.717, 1.165) is 22.0 Å². The quantitative estimate of drug-likeness (QED) is 0.823. The van der Waals surface area contributed by atoms with Crippen LogP contribution < -0.4 is 10.6 Å². The van der Waals surface area contributed by atoms with Gasteiger partial charge in [0.15, 0.2) is 4.75 Å². The third-order valence-electron chi connectivity index (χ3n) is 4.37. The van der Waals surface area contributed by atoms with E-state index in [-0.39, 0.29) is 17.9 Å². The lowest BCUT2D eigenvalue weighted by atomic mass is 10.1. The highest BCUT2D eigenvalue weighted by atomic mass is 32.2. The van der Waals surface area contributed by atoms with Crippen molar-refractivity contribution in [3.63, 3.8) is 0 Å². The van der Waals surface area contributed by atoms with E-state index < -0.39 is 4.75 Å². The molecule has 0 radical (unpaired) electrons. The maximum atomic E-state index is 13.0. The first-order valence-corrected chi connectivity index (χ1v) is 9.02. The second-order valence-electron chi connectivity index (χ2n) is 6.62. The Morgan fingerprint density at radius 3 is 2.64 bits per heavy atom. The summed E-state index contributed by atoms with van der Waals surface area (Å²) in [5.41, 5.74) is 3.03. The van der Waals surface area contributed by atoms with Gasteiger partial charge in [0.1, 0.15) is 0 Å². The van der Waals surface area contributed by atoms with Crippen molar-refractivity contribution in [2.75, 3.05) is 10.6 Å². The molecule has 2 amide bonds. The van der Waals surface area contributed by atoms with Gasteiger partial charge in [-0.1, -0.05) is 23.9 Å². The van der Waals surface area contributed by atoms with E-state index in [0.29, 0.717) is 5.69 Å². The third kappa shape index (κ3) is 2.93. The summed E-state index contributed by atoms with van der Waals surface area (Å²) in [5.74, 6) is -0.667. The van der Waals surface area contributed by atoms with Crippen molar-refractivity contribution >= 4 is 35.0 Å². The summed E-state index contributed by atoms with van der Waals surface area (Å²) in [6.07, 6.45) is 0. The molecule has 1 aromatic carbocycles. The number of benzene rings is 1. The fourth-order valence-electron chi connectivity index (χ4n) is 2.90. The molecule has 0 spiro atoms. The number of aromatic nitrogens is 2. The Morgan fingerprint density at radius 1 is 1.32 bits per heavy atom. The number of hydrogen-bond acceptors (Lipinski definition) is 4. The normalized spacial score (nSPS) is 19.5. The average molecular weight is 358 g/mol. The molecule has 0 fully saturated rings. The molecule has 0 bridgehead atoms. The number of carbonyl (C=O) groups is 2. The summed E-state index contributed by atoms with van der Waals surface area (Å²) >= 11 is 1.27. The minimum atomic E-state index is -1.24. The van der Waals surface area contributed by atoms with E-state index >= 15 is 0 Å². The van der Waals surface area contributed by atoms with Crippen molar-refractivity contribution in [1.82, 2.24) is 9.78 Å². The first kappa shape index (κ1) is 17.5. The van der Waals surface area contributed by atoms with Gasteiger partial charge in [0.25, 0.3) is 0 Å². The Bertz CT molecular complexity index is 859. The van der Waals surface area contributed by atoms with Crippen LogP contribution in [0.25, 0.3) is 0 Å². The zero-order valence-corrected chi connectivity index (χ0v) is 15.8. The molecule has 1 atom stereocenters. The van der Waals surface area contributed by atoms with Crippen LogP contribution in [0.3, 0.4) is 0 Å². The van der Waals surface area contributed by atoms with Crippen LogP contribution in [0, 0.1) is 13.8 Å². The van der Waals surface area contributed by atoms with Crippen molar-refractivity contribution in [3.05, 3.63) is 35.7 Å². The van der Waals surface area contributed by atoms with Gasteiger partial charge in [-0.3, -0.25) is 14.3 Å². The van der Waals surface area contributed by atoms with Gasteiger partial charge >= 0.3 is 0 Å². The maximum Gasteiger partial charge on any atom is 0.250 e. The summed E-state index contributed by atoms with van der Waals surface area (Å²) < 4.78 is 0.629. The standard InChI is InChI=1S/C18H22N4O2S/c1-10(2)22-12(4)15(11(3)21-22)20-17(24)18(5)16(23)19-13-8-6-7-9-14(13)25-18/h6-10H,1-5H3,(H,19,23)(H,20,24). The van der Waals surface area contributed by atoms with E-state index in [1.54, 1.807) is 6.92 Å². The van der Waals surface area contributed by atoms with E-state index in [4.69, 9.17) is 0 Å². The predicted molar refractivity (Wildman–Crippen MR) is 100 cm³/mol.